The van der Waals surface area contributed by atoms with Gasteiger partial charge in [0.25, 0.3) is 0 Å². The number of benzene rings is 1. The van der Waals surface area contributed by atoms with Crippen LogP contribution in [0.2, 0.25) is 0 Å². The van der Waals surface area contributed by atoms with Gasteiger partial charge in [-0.25, -0.2) is 0 Å². The fourth-order valence-corrected chi connectivity index (χ4v) is 1.54. The summed E-state index contributed by atoms with van der Waals surface area (Å²) in [4.78, 5) is -2.11. The Hall–Kier alpha value is -1.22. The summed E-state index contributed by atoms with van der Waals surface area (Å²) in [6.45, 7) is 0. The molecule has 15 heavy (non-hydrogen) atoms. The number of hydrazine groups is 1. The van der Waals surface area contributed by atoms with E-state index in [0.29, 0.717) is 6.07 Å². The van der Waals surface area contributed by atoms with Crippen LogP contribution in [0.15, 0.2) is 23.1 Å². The van der Waals surface area contributed by atoms with Crippen LogP contribution < -0.4 is 11.3 Å². The van der Waals surface area contributed by atoms with Crippen LogP contribution in [0.1, 0.15) is 0 Å². The first-order valence-corrected chi connectivity index (χ1v) is 5.43. The van der Waals surface area contributed by atoms with Gasteiger partial charge in [-0.15, -0.1) is 0 Å². The van der Waals surface area contributed by atoms with E-state index in [1.807, 2.05) is 0 Å². The van der Waals surface area contributed by atoms with Crippen LogP contribution in [0, 0.1) is 0 Å². The molecule has 0 heterocycles. The Morgan fingerprint density at radius 2 is 1.67 bits per heavy atom. The zero-order chi connectivity index (χ0) is 12.0. The molecule has 0 saturated heterocycles. The molecule has 4 N–H and O–H groups in total. The molecule has 9 heteroatoms. The second kappa shape index (κ2) is 2.47. The van der Waals surface area contributed by atoms with E-state index >= 15 is 0 Å². The lowest BCUT2D eigenvalue weighted by molar-refractivity contribution is 0.364. The van der Waals surface area contributed by atoms with Crippen LogP contribution in [0.25, 0.3) is 0 Å². The number of nitrogens with one attached hydrogen (secondary N) is 1. The van der Waals surface area contributed by atoms with Crippen molar-refractivity contribution < 1.29 is 24.5 Å². The fraction of sp³-hybridized carbons (Fsp3) is 0. The van der Waals surface area contributed by atoms with E-state index in [1.54, 1.807) is 5.43 Å². The highest BCUT2D eigenvalue weighted by Gasteiger charge is 2.65. The Labute approximate surface area is 81.4 Å². The van der Waals surface area contributed by atoms with E-state index in [9.17, 15) is 19.4 Å². The van der Waals surface area contributed by atoms with Crippen LogP contribution >= 0.6 is 10.2 Å². The smallest absolute Gasteiger partial charge is 0.310 e. The van der Waals surface area contributed by atoms with Crippen molar-refractivity contribution in [2.45, 2.75) is 4.90 Å². The molecule has 0 aromatic heterocycles. The van der Waals surface area contributed by atoms with Crippen LogP contribution in [0.3, 0.4) is 0 Å². The van der Waals surface area contributed by atoms with Gasteiger partial charge in [0.1, 0.15) is 10.6 Å². The zero-order valence-corrected chi connectivity index (χ0v) is 7.87. The second-order valence-electron chi connectivity index (χ2n) is 2.79. The predicted octanol–water partition coefficient (Wildman–Crippen LogP) is 3.34. The maximum absolute atomic E-state index is 12.2. The number of phenolic OH excluding ortho intramolecular Hbond substituents is 1. The number of rotatable bonds is 2. The molecule has 0 spiro atoms. The van der Waals surface area contributed by atoms with Gasteiger partial charge in [-0.05, 0) is 18.2 Å². The third-order valence-electron chi connectivity index (χ3n) is 1.57. The second-order valence-corrected chi connectivity index (χ2v) is 5.20. The van der Waals surface area contributed by atoms with Gasteiger partial charge in [-0.2, -0.15) is 0 Å². The van der Waals surface area contributed by atoms with Crippen molar-refractivity contribution in [1.29, 1.82) is 0 Å². The van der Waals surface area contributed by atoms with Gasteiger partial charge in [0.05, 0.1) is 5.69 Å². The van der Waals surface area contributed by atoms with Crippen LogP contribution in [0.5, 0.6) is 5.75 Å². The largest absolute Gasteiger partial charge is 0.506 e. The molecule has 0 saturated carbocycles. The van der Waals surface area contributed by atoms with Crippen LogP contribution in [0.4, 0.5) is 25.1 Å². The highest BCUT2D eigenvalue weighted by molar-refractivity contribution is 8.45. The van der Waals surface area contributed by atoms with Crippen molar-refractivity contribution in [3.05, 3.63) is 18.2 Å². The lowest BCUT2D eigenvalue weighted by Crippen LogP contribution is -2.10. The fourth-order valence-electron chi connectivity index (χ4n) is 0.871. The SMILES string of the molecule is NNc1cc(S(F)(F)(F)(F)F)ccc1O. The first-order valence-electron chi connectivity index (χ1n) is 3.48. The number of phenols is 1. The Bertz CT molecular complexity index is 403. The van der Waals surface area contributed by atoms with Crippen molar-refractivity contribution in [1.82, 2.24) is 0 Å². The summed E-state index contributed by atoms with van der Waals surface area (Å²) in [5.74, 6) is 4.09. The molecule has 0 amide bonds. The molecular formula is C6H7F5N2OS. The number of hydrogen-bond donors (Lipinski definition) is 3. The number of nitrogens with two attached hydrogens (primary N) is 1. The molecule has 0 bridgehead atoms. The molecule has 0 aliphatic rings. The van der Waals surface area contributed by atoms with Crippen LogP contribution in [-0.4, -0.2) is 5.11 Å². The molecule has 1 aromatic rings. The highest BCUT2D eigenvalue weighted by atomic mass is 32.5. The molecule has 3 nitrogen and oxygen atoms in total. The predicted molar refractivity (Wildman–Crippen MR) is 47.3 cm³/mol. The quantitative estimate of drug-likeness (QED) is 0.326. The van der Waals surface area contributed by atoms with E-state index < -0.39 is 26.6 Å². The minimum Gasteiger partial charge on any atom is -0.506 e. The molecular weight excluding hydrogens is 243 g/mol. The zero-order valence-electron chi connectivity index (χ0n) is 7.05. The normalized spacial score (nSPS) is 16.7. The van der Waals surface area contributed by atoms with Crippen molar-refractivity contribution in [3.63, 3.8) is 0 Å². The first kappa shape index (κ1) is 11.9. The summed E-state index contributed by atoms with van der Waals surface area (Å²) in [7, 11) is -9.71. The maximum Gasteiger partial charge on any atom is 0.310 e. The van der Waals surface area contributed by atoms with Gasteiger partial charge in [-0.1, -0.05) is 19.4 Å². The average molecular weight is 250 g/mol. The molecule has 0 atom stereocenters. The molecule has 1 aromatic carbocycles. The van der Waals surface area contributed by atoms with Gasteiger partial charge in [0.15, 0.2) is 0 Å². The number of nitrogen functional groups attached to an aromatic ring is 1. The summed E-state index contributed by atoms with van der Waals surface area (Å²) in [6, 6.07) is 0.636. The standard InChI is InChI=1S/C6H7F5N2OS/c7-15(8,9,10,11)4-1-2-6(14)5(3-4)13-12/h1-3,13-14H,12H2. The molecule has 0 aliphatic carbocycles. The minimum atomic E-state index is -9.71. The number of anilines is 1. The van der Waals surface area contributed by atoms with Gasteiger partial charge in [-0.3, -0.25) is 5.84 Å². The van der Waals surface area contributed by atoms with E-state index in [4.69, 9.17) is 10.9 Å². The summed E-state index contributed by atoms with van der Waals surface area (Å²) in [5, 5.41) is 8.93. The third kappa shape index (κ3) is 2.63. The lowest BCUT2D eigenvalue weighted by atomic mass is 10.3. The molecule has 88 valence electrons. The van der Waals surface area contributed by atoms with Crippen LogP contribution in [-0.2, 0) is 0 Å². The molecule has 0 aliphatic heterocycles. The monoisotopic (exact) mass is 250 g/mol. The lowest BCUT2D eigenvalue weighted by Gasteiger charge is -2.40. The van der Waals surface area contributed by atoms with Gasteiger partial charge >= 0.3 is 10.2 Å². The number of hydrogen-bond acceptors (Lipinski definition) is 3. The topological polar surface area (TPSA) is 58.3 Å². The molecule has 1 rings (SSSR count). The van der Waals surface area contributed by atoms with E-state index in [2.05, 4.69) is 0 Å². The summed E-state index contributed by atoms with van der Waals surface area (Å²) in [6.07, 6.45) is 0. The first-order chi connectivity index (χ1) is 6.44. The van der Waals surface area contributed by atoms with E-state index in [1.165, 1.54) is 0 Å². The number of aromatic hydroxyl groups is 1. The average Bonchev–Trinajstić information content (AvgIpc) is 2.00. The van der Waals surface area contributed by atoms with Gasteiger partial charge in [0, 0.05) is 0 Å². The highest BCUT2D eigenvalue weighted by Crippen LogP contribution is 3.02. The Kier molecular flexibility index (Phi) is 1.95. The van der Waals surface area contributed by atoms with Crippen molar-refractivity contribution >= 4 is 15.9 Å². The van der Waals surface area contributed by atoms with Crippen molar-refractivity contribution in [2.24, 2.45) is 5.84 Å². The maximum atomic E-state index is 12.2. The van der Waals surface area contributed by atoms with E-state index in [-0.39, 0.29) is 12.1 Å². The number of halogens is 5. The van der Waals surface area contributed by atoms with Crippen molar-refractivity contribution in [3.8, 4) is 5.75 Å². The van der Waals surface area contributed by atoms with Gasteiger partial charge in [0.2, 0.25) is 0 Å². The molecule has 0 radical (unpaired) electrons. The Balaban J connectivity index is 3.44. The molecule has 0 fully saturated rings. The van der Waals surface area contributed by atoms with E-state index in [0.717, 1.165) is 0 Å². The van der Waals surface area contributed by atoms with Gasteiger partial charge < -0.3 is 10.5 Å². The summed E-state index contributed by atoms with van der Waals surface area (Å²) in [5.41, 5.74) is 1.05. The minimum absolute atomic E-state index is 0.0525. The summed E-state index contributed by atoms with van der Waals surface area (Å²) >= 11 is 0. The van der Waals surface area contributed by atoms with Crippen molar-refractivity contribution in [2.75, 3.05) is 5.43 Å². The Morgan fingerprint density at radius 3 is 2.07 bits per heavy atom. The Morgan fingerprint density at radius 1 is 1.13 bits per heavy atom. The summed E-state index contributed by atoms with van der Waals surface area (Å²) < 4.78 is 61.2. The third-order valence-corrected chi connectivity index (χ3v) is 2.71. The molecule has 0 unspecified atom stereocenters.